The van der Waals surface area contributed by atoms with Crippen molar-refractivity contribution in [1.29, 1.82) is 0 Å². The van der Waals surface area contributed by atoms with Crippen LogP contribution in [0.2, 0.25) is 10.0 Å². The topological polar surface area (TPSA) is 74.3 Å². The Hall–Kier alpha value is -2.31. The van der Waals surface area contributed by atoms with Gasteiger partial charge in [0.05, 0.1) is 24.9 Å². The number of fused-ring (bicyclic) bond motifs is 1. The Bertz CT molecular complexity index is 1010. The van der Waals surface area contributed by atoms with Gasteiger partial charge in [0.2, 0.25) is 0 Å². The molecule has 3 aromatic rings. The minimum absolute atomic E-state index is 0.0597. The molecule has 0 aliphatic heterocycles. The summed E-state index contributed by atoms with van der Waals surface area (Å²) in [5.74, 6) is 0.558. The zero-order valence-corrected chi connectivity index (χ0v) is 13.4. The highest BCUT2D eigenvalue weighted by atomic mass is 35.5. The maximum atomic E-state index is 12.1. The molecule has 2 heterocycles. The summed E-state index contributed by atoms with van der Waals surface area (Å²) in [5, 5.41) is 4.57. The molecule has 118 valence electrons. The van der Waals surface area contributed by atoms with Crippen molar-refractivity contribution in [2.24, 2.45) is 0 Å². The molecule has 0 saturated heterocycles. The number of methoxy groups -OCH3 is 1. The van der Waals surface area contributed by atoms with Gasteiger partial charge in [0.15, 0.2) is 0 Å². The first-order chi connectivity index (χ1) is 11.0. The molecule has 6 nitrogen and oxygen atoms in total. The molecule has 0 unspecified atom stereocenters. The number of benzene rings is 1. The van der Waals surface area contributed by atoms with Crippen LogP contribution in [0.3, 0.4) is 0 Å². The van der Waals surface area contributed by atoms with Crippen LogP contribution in [0.25, 0.3) is 11.0 Å². The van der Waals surface area contributed by atoms with E-state index in [4.69, 9.17) is 32.4 Å². The lowest BCUT2D eigenvalue weighted by Crippen LogP contribution is -2.24. The molecule has 0 aliphatic carbocycles. The minimum atomic E-state index is -0.533. The van der Waals surface area contributed by atoms with Gasteiger partial charge in [-0.3, -0.25) is 4.79 Å². The van der Waals surface area contributed by atoms with Gasteiger partial charge in [0, 0.05) is 17.5 Å². The fourth-order valence-corrected chi connectivity index (χ4v) is 2.46. The van der Waals surface area contributed by atoms with Crippen LogP contribution in [0.1, 0.15) is 5.56 Å². The average Bonchev–Trinajstić information content (AvgIpc) is 2.54. The van der Waals surface area contributed by atoms with E-state index >= 15 is 0 Å². The van der Waals surface area contributed by atoms with Crippen molar-refractivity contribution >= 4 is 34.2 Å². The van der Waals surface area contributed by atoms with E-state index in [1.54, 1.807) is 18.2 Å². The van der Waals surface area contributed by atoms with Crippen molar-refractivity contribution in [3.05, 3.63) is 66.8 Å². The molecule has 8 heteroatoms. The summed E-state index contributed by atoms with van der Waals surface area (Å²) in [6, 6.07) is 6.39. The molecule has 1 aromatic carbocycles. The highest BCUT2D eigenvalue weighted by Gasteiger charge is 2.12. The first kappa shape index (κ1) is 15.6. The normalized spacial score (nSPS) is 10.9. The fraction of sp³-hybridized carbons (Fsp3) is 0.133. The first-order valence-corrected chi connectivity index (χ1v) is 7.27. The van der Waals surface area contributed by atoms with Gasteiger partial charge >= 0.3 is 5.63 Å². The van der Waals surface area contributed by atoms with Crippen LogP contribution in [0, 0.1) is 0 Å². The van der Waals surface area contributed by atoms with Gasteiger partial charge in [-0.2, -0.15) is 5.10 Å². The Morgan fingerprint density at radius 1 is 1.26 bits per heavy atom. The lowest BCUT2D eigenvalue weighted by molar-refractivity contribution is 0.414. The summed E-state index contributed by atoms with van der Waals surface area (Å²) in [4.78, 5) is 23.8. The van der Waals surface area contributed by atoms with Gasteiger partial charge < -0.3 is 9.15 Å². The van der Waals surface area contributed by atoms with E-state index in [1.165, 1.54) is 19.4 Å². The van der Waals surface area contributed by atoms with Crippen LogP contribution in [-0.4, -0.2) is 16.9 Å². The summed E-state index contributed by atoms with van der Waals surface area (Å²) >= 11 is 11.6. The molecule has 0 radical (unpaired) electrons. The predicted octanol–water partition coefficient (Wildman–Crippen LogP) is 2.71. The second-order valence-corrected chi connectivity index (χ2v) is 5.51. The van der Waals surface area contributed by atoms with Gasteiger partial charge in [0.1, 0.15) is 16.4 Å². The highest BCUT2D eigenvalue weighted by molar-refractivity contribution is 6.41. The largest absolute Gasteiger partial charge is 0.497 e. The first-order valence-electron chi connectivity index (χ1n) is 6.51. The minimum Gasteiger partial charge on any atom is -0.497 e. The molecular formula is C15H10Cl2N2O4. The lowest BCUT2D eigenvalue weighted by atomic mass is 10.1. The maximum absolute atomic E-state index is 12.1. The number of aromatic nitrogens is 2. The van der Waals surface area contributed by atoms with Gasteiger partial charge in [-0.05, 0) is 17.7 Å². The number of halogens is 2. The molecule has 0 spiro atoms. The van der Waals surface area contributed by atoms with E-state index in [0.29, 0.717) is 22.3 Å². The van der Waals surface area contributed by atoms with Gasteiger partial charge in [-0.1, -0.05) is 23.2 Å². The summed E-state index contributed by atoms with van der Waals surface area (Å²) in [6.07, 6.45) is 1.28. The molecular weight excluding hydrogens is 343 g/mol. The molecule has 2 aromatic heterocycles. The SMILES string of the molecule is COc1ccc2c(Cn3ncc(Cl)c(Cl)c3=O)cc(=O)oc2c1. The van der Waals surface area contributed by atoms with Crippen LogP contribution in [-0.2, 0) is 6.54 Å². The van der Waals surface area contributed by atoms with Crippen LogP contribution < -0.4 is 15.9 Å². The smallest absolute Gasteiger partial charge is 0.336 e. The molecule has 23 heavy (non-hydrogen) atoms. The Kier molecular flexibility index (Phi) is 4.11. The molecule has 0 bridgehead atoms. The van der Waals surface area contributed by atoms with Gasteiger partial charge in [0.25, 0.3) is 5.56 Å². The second kappa shape index (κ2) is 6.06. The number of ether oxygens (including phenoxy) is 1. The number of nitrogens with zero attached hydrogens (tertiary/aromatic N) is 2. The van der Waals surface area contributed by atoms with Gasteiger partial charge in [-0.15, -0.1) is 0 Å². The van der Waals surface area contributed by atoms with Crippen molar-refractivity contribution in [2.45, 2.75) is 6.54 Å². The Morgan fingerprint density at radius 2 is 2.04 bits per heavy atom. The third kappa shape index (κ3) is 2.95. The third-order valence-electron chi connectivity index (χ3n) is 3.30. The van der Waals surface area contributed by atoms with Crippen LogP contribution in [0.15, 0.2) is 44.5 Å². The molecule has 0 atom stereocenters. The summed E-state index contributed by atoms with van der Waals surface area (Å²) in [6.45, 7) is 0.0597. The molecule has 0 N–H and O–H groups in total. The van der Waals surface area contributed by atoms with Crippen molar-refractivity contribution in [2.75, 3.05) is 7.11 Å². The van der Waals surface area contributed by atoms with Crippen LogP contribution in [0.4, 0.5) is 0 Å². The zero-order chi connectivity index (χ0) is 16.6. The summed E-state index contributed by atoms with van der Waals surface area (Å²) in [5.41, 5.74) is -0.130. The van der Waals surface area contributed by atoms with E-state index in [-0.39, 0.29) is 16.6 Å². The number of hydrogen-bond acceptors (Lipinski definition) is 5. The Labute approximate surface area is 139 Å². The standard InChI is InChI=1S/C15H10Cl2N2O4/c1-22-9-2-3-10-8(4-13(20)23-12(10)5-9)7-19-15(21)14(17)11(16)6-18-19/h2-6H,7H2,1H3. The summed E-state index contributed by atoms with van der Waals surface area (Å²) in [7, 11) is 1.52. The number of hydrogen-bond donors (Lipinski definition) is 0. The fourth-order valence-electron chi connectivity index (χ4n) is 2.19. The lowest BCUT2D eigenvalue weighted by Gasteiger charge is -2.08. The average molecular weight is 353 g/mol. The molecule has 0 saturated carbocycles. The van der Waals surface area contributed by atoms with Crippen LogP contribution >= 0.6 is 23.2 Å². The van der Waals surface area contributed by atoms with E-state index in [2.05, 4.69) is 5.10 Å². The van der Waals surface area contributed by atoms with E-state index < -0.39 is 11.2 Å². The molecule has 0 aliphatic rings. The van der Waals surface area contributed by atoms with E-state index in [0.717, 1.165) is 4.68 Å². The quantitative estimate of drug-likeness (QED) is 0.677. The molecule has 0 amide bonds. The van der Waals surface area contributed by atoms with Gasteiger partial charge in [-0.25, -0.2) is 9.48 Å². The Balaban J connectivity index is 2.15. The monoisotopic (exact) mass is 352 g/mol. The van der Waals surface area contributed by atoms with Crippen molar-refractivity contribution in [3.63, 3.8) is 0 Å². The van der Waals surface area contributed by atoms with E-state index in [1.807, 2.05) is 0 Å². The van der Waals surface area contributed by atoms with Crippen LogP contribution in [0.5, 0.6) is 5.75 Å². The summed E-state index contributed by atoms with van der Waals surface area (Å²) < 4.78 is 11.4. The molecule has 3 rings (SSSR count). The molecule has 0 fully saturated rings. The predicted molar refractivity (Wildman–Crippen MR) is 86.7 cm³/mol. The van der Waals surface area contributed by atoms with Crippen molar-refractivity contribution in [3.8, 4) is 5.75 Å². The zero-order valence-electron chi connectivity index (χ0n) is 11.9. The highest BCUT2D eigenvalue weighted by Crippen LogP contribution is 2.23. The van der Waals surface area contributed by atoms with Crippen molar-refractivity contribution < 1.29 is 9.15 Å². The Morgan fingerprint density at radius 3 is 2.78 bits per heavy atom. The van der Waals surface area contributed by atoms with E-state index in [9.17, 15) is 9.59 Å². The number of rotatable bonds is 3. The van der Waals surface area contributed by atoms with Crippen molar-refractivity contribution in [1.82, 2.24) is 9.78 Å². The third-order valence-corrected chi connectivity index (χ3v) is 4.05. The maximum Gasteiger partial charge on any atom is 0.336 e. The second-order valence-electron chi connectivity index (χ2n) is 4.72.